The molecule has 0 heterocycles. The number of hydrogen-bond acceptors (Lipinski definition) is 3. The molecule has 0 aliphatic rings. The van der Waals surface area contributed by atoms with Crippen LogP contribution in [0.25, 0.3) is 0 Å². The molecule has 1 N–H and O–H groups in total. The van der Waals surface area contributed by atoms with Crippen molar-refractivity contribution in [1.29, 1.82) is 0 Å². The van der Waals surface area contributed by atoms with Crippen molar-refractivity contribution in [3.63, 3.8) is 0 Å². The van der Waals surface area contributed by atoms with Gasteiger partial charge < -0.3 is 10.1 Å². The van der Waals surface area contributed by atoms with Crippen LogP contribution in [0.4, 0.5) is 5.69 Å². The first kappa shape index (κ1) is 14.4. The van der Waals surface area contributed by atoms with Crippen LogP contribution in [0.1, 0.15) is 22.8 Å². The van der Waals surface area contributed by atoms with Crippen molar-refractivity contribution < 1.29 is 9.53 Å². The van der Waals surface area contributed by atoms with Gasteiger partial charge in [0.05, 0.1) is 17.8 Å². The summed E-state index contributed by atoms with van der Waals surface area (Å²) in [4.78, 5) is 11.4. The monoisotopic (exact) mass is 289 g/mol. The van der Waals surface area contributed by atoms with Gasteiger partial charge in [-0.25, -0.2) is 0 Å². The highest BCUT2D eigenvalue weighted by Gasteiger charge is 2.06. The van der Waals surface area contributed by atoms with Gasteiger partial charge in [0.25, 0.3) is 0 Å². The molecule has 4 heteroatoms. The van der Waals surface area contributed by atoms with Crippen LogP contribution >= 0.6 is 11.6 Å². The minimum atomic E-state index is 0.0157. The fraction of sp³-hybridized carbons (Fsp3) is 0.188. The summed E-state index contributed by atoms with van der Waals surface area (Å²) in [6.07, 6.45) is 0. The summed E-state index contributed by atoms with van der Waals surface area (Å²) in [6.45, 7) is 2.11. The summed E-state index contributed by atoms with van der Waals surface area (Å²) in [5.41, 5.74) is 2.40. The van der Waals surface area contributed by atoms with Crippen molar-refractivity contribution in [2.24, 2.45) is 0 Å². The number of nitrogens with one attached hydrogen (secondary N) is 1. The van der Waals surface area contributed by atoms with Gasteiger partial charge in [-0.15, -0.1) is 0 Å². The average molecular weight is 290 g/mol. The van der Waals surface area contributed by atoms with Crippen LogP contribution < -0.4 is 10.1 Å². The molecule has 0 aromatic heterocycles. The average Bonchev–Trinajstić information content (AvgIpc) is 2.46. The van der Waals surface area contributed by atoms with E-state index in [9.17, 15) is 4.79 Å². The summed E-state index contributed by atoms with van der Waals surface area (Å²) < 4.78 is 5.30. The number of carbonyl (C=O) groups excluding carboxylic acids is 1. The number of methoxy groups -OCH3 is 1. The molecule has 0 atom stereocenters. The lowest BCUT2D eigenvalue weighted by molar-refractivity contribution is 0.101. The van der Waals surface area contributed by atoms with Gasteiger partial charge in [-0.05, 0) is 31.2 Å². The zero-order chi connectivity index (χ0) is 14.5. The van der Waals surface area contributed by atoms with E-state index in [-0.39, 0.29) is 5.78 Å². The second-order valence-corrected chi connectivity index (χ2v) is 4.82. The lowest BCUT2D eigenvalue weighted by atomic mass is 10.1. The first-order valence-corrected chi connectivity index (χ1v) is 6.66. The first-order chi connectivity index (χ1) is 9.61. The molecule has 0 unspecified atom stereocenters. The van der Waals surface area contributed by atoms with Crippen LogP contribution in [0.5, 0.6) is 5.75 Å². The molecule has 0 fully saturated rings. The van der Waals surface area contributed by atoms with Gasteiger partial charge in [0, 0.05) is 17.7 Å². The second-order valence-electron chi connectivity index (χ2n) is 4.42. The summed E-state index contributed by atoms with van der Waals surface area (Å²) in [5, 5.41) is 3.82. The van der Waals surface area contributed by atoms with E-state index in [0.29, 0.717) is 17.1 Å². The number of anilines is 1. The van der Waals surface area contributed by atoms with Crippen molar-refractivity contribution in [1.82, 2.24) is 0 Å². The normalized spacial score (nSPS) is 10.2. The van der Waals surface area contributed by atoms with E-state index in [2.05, 4.69) is 5.32 Å². The highest BCUT2D eigenvalue weighted by atomic mass is 35.5. The Bertz CT molecular complexity index is 626. The third kappa shape index (κ3) is 3.31. The summed E-state index contributed by atoms with van der Waals surface area (Å²) in [7, 11) is 1.64. The zero-order valence-electron chi connectivity index (χ0n) is 11.4. The summed E-state index contributed by atoms with van der Waals surface area (Å²) in [6, 6.07) is 13.0. The van der Waals surface area contributed by atoms with Crippen LogP contribution in [-0.2, 0) is 6.54 Å². The number of Topliss-reactive ketones (excluding diaryl/α,β-unsaturated/α-hetero) is 1. The Morgan fingerprint density at radius 2 is 2.00 bits per heavy atom. The van der Waals surface area contributed by atoms with Crippen molar-refractivity contribution in [2.45, 2.75) is 13.5 Å². The van der Waals surface area contributed by atoms with E-state index >= 15 is 0 Å². The summed E-state index contributed by atoms with van der Waals surface area (Å²) in [5.74, 6) is 0.834. The number of carbonyl (C=O) groups is 1. The maximum atomic E-state index is 11.4. The molecule has 0 spiro atoms. The lowest BCUT2D eigenvalue weighted by Crippen LogP contribution is -2.03. The molecular weight excluding hydrogens is 274 g/mol. The fourth-order valence-corrected chi connectivity index (χ4v) is 2.10. The molecule has 0 saturated carbocycles. The Hall–Kier alpha value is -2.00. The zero-order valence-corrected chi connectivity index (χ0v) is 12.2. The first-order valence-electron chi connectivity index (χ1n) is 6.28. The molecule has 0 aliphatic carbocycles. The minimum absolute atomic E-state index is 0.0157. The van der Waals surface area contributed by atoms with Crippen molar-refractivity contribution in [3.05, 3.63) is 58.6 Å². The summed E-state index contributed by atoms with van der Waals surface area (Å²) >= 11 is 6.14. The van der Waals surface area contributed by atoms with Crippen LogP contribution in [0, 0.1) is 0 Å². The predicted octanol–water partition coefficient (Wildman–Crippen LogP) is 4.16. The quantitative estimate of drug-likeness (QED) is 0.840. The molecule has 0 aliphatic heterocycles. The highest BCUT2D eigenvalue weighted by molar-refractivity contribution is 6.33. The maximum absolute atomic E-state index is 11.4. The van der Waals surface area contributed by atoms with E-state index in [1.807, 2.05) is 24.3 Å². The van der Waals surface area contributed by atoms with Gasteiger partial charge in [0.2, 0.25) is 0 Å². The molecule has 3 nitrogen and oxygen atoms in total. The number of hydrogen-bond donors (Lipinski definition) is 1. The molecule has 0 bridgehead atoms. The van der Waals surface area contributed by atoms with Crippen LogP contribution in [-0.4, -0.2) is 12.9 Å². The SMILES string of the molecule is COc1ccccc1CNc1cc(C(C)=O)ccc1Cl. The standard InChI is InChI=1S/C16H16ClNO2/c1-11(19)12-7-8-14(17)15(9-12)18-10-13-5-3-4-6-16(13)20-2/h3-9,18H,10H2,1-2H3. The fourth-order valence-electron chi connectivity index (χ4n) is 1.92. The van der Waals surface area contributed by atoms with Crippen LogP contribution in [0.3, 0.4) is 0 Å². The smallest absolute Gasteiger partial charge is 0.159 e. The van der Waals surface area contributed by atoms with E-state index in [1.54, 1.807) is 25.3 Å². The van der Waals surface area contributed by atoms with Gasteiger partial charge in [-0.3, -0.25) is 4.79 Å². The number of ether oxygens (including phenoxy) is 1. The number of halogens is 1. The van der Waals surface area contributed by atoms with Gasteiger partial charge in [-0.2, -0.15) is 0 Å². The van der Waals surface area contributed by atoms with Crippen molar-refractivity contribution in [2.75, 3.05) is 12.4 Å². The Kier molecular flexibility index (Phi) is 4.64. The third-order valence-electron chi connectivity index (χ3n) is 3.03. The van der Waals surface area contributed by atoms with Crippen molar-refractivity contribution >= 4 is 23.1 Å². The van der Waals surface area contributed by atoms with E-state index in [4.69, 9.17) is 16.3 Å². The molecule has 20 heavy (non-hydrogen) atoms. The largest absolute Gasteiger partial charge is 0.496 e. The van der Waals surface area contributed by atoms with E-state index in [0.717, 1.165) is 17.0 Å². The number of benzene rings is 2. The lowest BCUT2D eigenvalue weighted by Gasteiger charge is -2.12. The Labute approximate surface area is 123 Å². The van der Waals surface area contributed by atoms with Crippen LogP contribution in [0.15, 0.2) is 42.5 Å². The molecule has 2 aromatic rings. The Morgan fingerprint density at radius 1 is 1.25 bits per heavy atom. The van der Waals surface area contributed by atoms with E-state index < -0.39 is 0 Å². The molecule has 2 rings (SSSR count). The van der Waals surface area contributed by atoms with E-state index in [1.165, 1.54) is 6.92 Å². The van der Waals surface area contributed by atoms with Crippen LogP contribution in [0.2, 0.25) is 5.02 Å². The van der Waals surface area contributed by atoms with Crippen molar-refractivity contribution in [3.8, 4) is 5.75 Å². The molecule has 0 saturated heterocycles. The van der Waals surface area contributed by atoms with Gasteiger partial charge >= 0.3 is 0 Å². The molecule has 104 valence electrons. The molecule has 0 amide bonds. The topological polar surface area (TPSA) is 38.3 Å². The molecule has 2 aromatic carbocycles. The molecule has 0 radical (unpaired) electrons. The maximum Gasteiger partial charge on any atom is 0.159 e. The molecular formula is C16H16ClNO2. The second kappa shape index (κ2) is 6.44. The highest BCUT2D eigenvalue weighted by Crippen LogP contribution is 2.25. The van der Waals surface area contributed by atoms with Gasteiger partial charge in [-0.1, -0.05) is 29.8 Å². The van der Waals surface area contributed by atoms with Gasteiger partial charge in [0.1, 0.15) is 5.75 Å². The number of ketones is 1. The minimum Gasteiger partial charge on any atom is -0.496 e. The number of para-hydroxylation sites is 1. The third-order valence-corrected chi connectivity index (χ3v) is 3.36. The predicted molar refractivity (Wildman–Crippen MR) is 81.8 cm³/mol. The number of rotatable bonds is 5. The Morgan fingerprint density at radius 3 is 2.70 bits per heavy atom. The van der Waals surface area contributed by atoms with Gasteiger partial charge in [0.15, 0.2) is 5.78 Å². The Balaban J connectivity index is 2.18.